The van der Waals surface area contributed by atoms with E-state index in [1.807, 2.05) is 0 Å². The van der Waals surface area contributed by atoms with Crippen molar-refractivity contribution in [2.45, 2.75) is 52.0 Å². The average Bonchev–Trinajstić information content (AvgIpc) is 2.39. The van der Waals surface area contributed by atoms with Crippen molar-refractivity contribution in [1.29, 1.82) is 0 Å². The maximum absolute atomic E-state index is 5.86. The molecule has 0 aliphatic heterocycles. The lowest BCUT2D eigenvalue weighted by Gasteiger charge is -2.34. The van der Waals surface area contributed by atoms with E-state index in [2.05, 4.69) is 53.4 Å². The van der Waals surface area contributed by atoms with Crippen LogP contribution in [0, 0.1) is 18.8 Å². The minimum absolute atomic E-state index is 0.283. The number of rotatable bonds is 4. The molecule has 1 saturated carbocycles. The summed E-state index contributed by atoms with van der Waals surface area (Å²) in [7, 11) is 0. The minimum atomic E-state index is 0.283. The number of hydrogen-bond acceptors (Lipinski definition) is 2. The second kappa shape index (κ2) is 6.87. The highest BCUT2D eigenvalue weighted by Gasteiger charge is 2.28. The molecule has 19 heavy (non-hydrogen) atoms. The number of halogens is 1. The summed E-state index contributed by atoms with van der Waals surface area (Å²) in [5.74, 6) is 7.40. The van der Waals surface area contributed by atoms with Gasteiger partial charge in [-0.15, -0.1) is 0 Å². The summed E-state index contributed by atoms with van der Waals surface area (Å²) in [5.41, 5.74) is 5.67. The Morgan fingerprint density at radius 1 is 1.37 bits per heavy atom. The Morgan fingerprint density at radius 3 is 2.79 bits per heavy atom. The molecule has 3 unspecified atom stereocenters. The zero-order valence-corrected chi connectivity index (χ0v) is 13.5. The van der Waals surface area contributed by atoms with E-state index < -0.39 is 0 Å². The quantitative estimate of drug-likeness (QED) is 0.633. The first kappa shape index (κ1) is 15.0. The monoisotopic (exact) mass is 324 g/mol. The number of nitrogens with one attached hydrogen (secondary N) is 1. The van der Waals surface area contributed by atoms with Gasteiger partial charge < -0.3 is 0 Å². The Balaban J connectivity index is 2.18. The predicted molar refractivity (Wildman–Crippen MR) is 84.7 cm³/mol. The van der Waals surface area contributed by atoms with Crippen LogP contribution in [0.5, 0.6) is 0 Å². The van der Waals surface area contributed by atoms with E-state index in [4.69, 9.17) is 5.84 Å². The largest absolute Gasteiger partial charge is 0.271 e. The SMILES string of the molecule is CCC1CCCC(C(NN)c2cc(C)cc(Br)c2)C1. The van der Waals surface area contributed by atoms with Crippen molar-refractivity contribution < 1.29 is 0 Å². The standard InChI is InChI=1S/C16H25BrN2/c1-3-12-5-4-6-13(9-12)16(19-18)14-7-11(2)8-15(17)10-14/h7-8,10,12-13,16,19H,3-6,9,18H2,1-2H3. The van der Waals surface area contributed by atoms with Crippen LogP contribution in [0.2, 0.25) is 0 Å². The van der Waals surface area contributed by atoms with Crippen LogP contribution in [0.1, 0.15) is 56.2 Å². The maximum Gasteiger partial charge on any atom is 0.0488 e. The number of aryl methyl sites for hydroxylation is 1. The van der Waals surface area contributed by atoms with Gasteiger partial charge >= 0.3 is 0 Å². The Bertz CT molecular complexity index is 399. The predicted octanol–water partition coefficient (Wildman–Crippen LogP) is 4.48. The minimum Gasteiger partial charge on any atom is -0.271 e. The molecule has 3 atom stereocenters. The fourth-order valence-corrected chi connectivity index (χ4v) is 4.08. The van der Waals surface area contributed by atoms with Gasteiger partial charge in [-0.3, -0.25) is 11.3 Å². The van der Waals surface area contributed by atoms with Crippen molar-refractivity contribution in [1.82, 2.24) is 5.43 Å². The smallest absolute Gasteiger partial charge is 0.0488 e. The molecule has 0 saturated heterocycles. The fraction of sp³-hybridized carbons (Fsp3) is 0.625. The van der Waals surface area contributed by atoms with Crippen LogP contribution in [0.15, 0.2) is 22.7 Å². The molecule has 0 spiro atoms. The highest BCUT2D eigenvalue weighted by molar-refractivity contribution is 9.10. The summed E-state index contributed by atoms with van der Waals surface area (Å²) in [6, 6.07) is 6.88. The molecular weight excluding hydrogens is 300 g/mol. The van der Waals surface area contributed by atoms with Crippen LogP contribution < -0.4 is 11.3 Å². The third-order valence-corrected chi connectivity index (χ3v) is 4.93. The van der Waals surface area contributed by atoms with E-state index >= 15 is 0 Å². The highest BCUT2D eigenvalue weighted by Crippen LogP contribution is 2.38. The highest BCUT2D eigenvalue weighted by atomic mass is 79.9. The lowest BCUT2D eigenvalue weighted by molar-refractivity contribution is 0.210. The lowest BCUT2D eigenvalue weighted by atomic mass is 9.75. The molecule has 0 bridgehead atoms. The first-order valence-electron chi connectivity index (χ1n) is 7.37. The van der Waals surface area contributed by atoms with Gasteiger partial charge in [-0.05, 0) is 54.9 Å². The van der Waals surface area contributed by atoms with E-state index in [0.717, 1.165) is 10.4 Å². The molecule has 1 aromatic rings. The second-order valence-electron chi connectivity index (χ2n) is 5.91. The molecule has 2 rings (SSSR count). The molecule has 0 heterocycles. The molecule has 1 aliphatic rings. The van der Waals surface area contributed by atoms with Gasteiger partial charge in [0.1, 0.15) is 0 Å². The molecule has 0 radical (unpaired) electrons. The maximum atomic E-state index is 5.86. The molecule has 1 aliphatic carbocycles. The van der Waals surface area contributed by atoms with Gasteiger partial charge in [-0.25, -0.2) is 0 Å². The molecule has 106 valence electrons. The van der Waals surface area contributed by atoms with Crippen LogP contribution >= 0.6 is 15.9 Å². The van der Waals surface area contributed by atoms with Crippen LogP contribution in [-0.4, -0.2) is 0 Å². The van der Waals surface area contributed by atoms with Crippen LogP contribution in [0.4, 0.5) is 0 Å². The van der Waals surface area contributed by atoms with Gasteiger partial charge in [0.2, 0.25) is 0 Å². The lowest BCUT2D eigenvalue weighted by Crippen LogP contribution is -2.35. The normalized spacial score (nSPS) is 25.3. The zero-order chi connectivity index (χ0) is 13.8. The first-order valence-corrected chi connectivity index (χ1v) is 8.16. The van der Waals surface area contributed by atoms with Crippen molar-refractivity contribution in [3.63, 3.8) is 0 Å². The van der Waals surface area contributed by atoms with Crippen LogP contribution in [-0.2, 0) is 0 Å². The van der Waals surface area contributed by atoms with E-state index in [9.17, 15) is 0 Å². The first-order chi connectivity index (χ1) is 9.13. The topological polar surface area (TPSA) is 38.0 Å². The van der Waals surface area contributed by atoms with Crippen molar-refractivity contribution in [2.75, 3.05) is 0 Å². The molecule has 0 aromatic heterocycles. The van der Waals surface area contributed by atoms with Gasteiger partial charge in [-0.2, -0.15) is 0 Å². The molecule has 3 heteroatoms. The van der Waals surface area contributed by atoms with Crippen molar-refractivity contribution >= 4 is 15.9 Å². The summed E-state index contributed by atoms with van der Waals surface area (Å²) >= 11 is 3.59. The molecule has 3 N–H and O–H groups in total. The van der Waals surface area contributed by atoms with E-state index in [1.165, 1.54) is 43.2 Å². The zero-order valence-electron chi connectivity index (χ0n) is 12.0. The summed E-state index contributed by atoms with van der Waals surface area (Å²) < 4.78 is 1.14. The van der Waals surface area contributed by atoms with Crippen LogP contribution in [0.3, 0.4) is 0 Å². The summed E-state index contributed by atoms with van der Waals surface area (Å²) in [4.78, 5) is 0. The molecule has 0 amide bonds. The molecule has 1 aromatic carbocycles. The van der Waals surface area contributed by atoms with Gasteiger partial charge in [0.05, 0.1) is 0 Å². The third kappa shape index (κ3) is 3.80. The average molecular weight is 325 g/mol. The third-order valence-electron chi connectivity index (χ3n) is 4.48. The van der Waals surface area contributed by atoms with Crippen molar-refractivity contribution in [3.05, 3.63) is 33.8 Å². The summed E-state index contributed by atoms with van der Waals surface area (Å²) in [5, 5.41) is 0. The Morgan fingerprint density at radius 2 is 2.16 bits per heavy atom. The fourth-order valence-electron chi connectivity index (χ4n) is 3.45. The Kier molecular flexibility index (Phi) is 5.43. The Hall–Kier alpha value is -0.380. The summed E-state index contributed by atoms with van der Waals surface area (Å²) in [6.45, 7) is 4.44. The van der Waals surface area contributed by atoms with Gasteiger partial charge in [0, 0.05) is 10.5 Å². The van der Waals surface area contributed by atoms with Gasteiger partial charge in [-0.1, -0.05) is 48.2 Å². The number of nitrogens with two attached hydrogens (primary N) is 1. The number of benzene rings is 1. The number of hydrogen-bond donors (Lipinski definition) is 2. The molecular formula is C16H25BrN2. The second-order valence-corrected chi connectivity index (χ2v) is 6.82. The molecule has 2 nitrogen and oxygen atoms in total. The molecule has 1 fully saturated rings. The Labute approximate surface area is 125 Å². The van der Waals surface area contributed by atoms with E-state index in [1.54, 1.807) is 0 Å². The van der Waals surface area contributed by atoms with Gasteiger partial charge in [0.15, 0.2) is 0 Å². The van der Waals surface area contributed by atoms with E-state index in [0.29, 0.717) is 5.92 Å². The van der Waals surface area contributed by atoms with Crippen molar-refractivity contribution in [2.24, 2.45) is 17.7 Å². The summed E-state index contributed by atoms with van der Waals surface area (Å²) in [6.07, 6.45) is 6.62. The van der Waals surface area contributed by atoms with Gasteiger partial charge in [0.25, 0.3) is 0 Å². The van der Waals surface area contributed by atoms with Crippen LogP contribution in [0.25, 0.3) is 0 Å². The number of hydrazine groups is 1. The van der Waals surface area contributed by atoms with E-state index in [-0.39, 0.29) is 6.04 Å². The van der Waals surface area contributed by atoms with Crippen molar-refractivity contribution in [3.8, 4) is 0 Å².